The number of nitrogens with two attached hydrogens (primary N) is 1. The molecule has 5 amide bonds. The molecular formula is C17H28CeLuN5O5S2-. The van der Waals surface area contributed by atoms with Gasteiger partial charge in [0.05, 0.1) is 11.7 Å². The molecule has 0 aromatic carbocycles. The van der Waals surface area contributed by atoms with Crippen LogP contribution in [-0.2, 0) is 36.8 Å². The molecule has 31 heavy (non-hydrogen) atoms. The van der Waals surface area contributed by atoms with Crippen LogP contribution in [0.5, 0.6) is 0 Å². The van der Waals surface area contributed by atoms with E-state index in [0.29, 0.717) is 6.42 Å². The van der Waals surface area contributed by atoms with Crippen molar-refractivity contribution in [2.24, 2.45) is 5.73 Å². The number of thioether (sulfide) groups is 1. The van der Waals surface area contributed by atoms with E-state index in [-0.39, 0.29) is 134 Å². The van der Waals surface area contributed by atoms with Crippen molar-refractivity contribution < 1.29 is 103 Å². The summed E-state index contributed by atoms with van der Waals surface area (Å²) < 4.78 is 2.02. The molecule has 10 nitrogen and oxygen atoms in total. The molecule has 14 heteroatoms. The summed E-state index contributed by atoms with van der Waals surface area (Å²) in [5, 5.41) is 4.78. The Morgan fingerprint density at radius 1 is 1.23 bits per heavy atom. The molecule has 1 saturated heterocycles. The first kappa shape index (κ1) is 34.0. The Kier molecular flexibility index (Phi) is 21.0. The van der Waals surface area contributed by atoms with E-state index in [0.717, 1.165) is 23.5 Å². The van der Waals surface area contributed by atoms with Crippen LogP contribution in [0.15, 0.2) is 0 Å². The molecule has 0 aromatic rings. The van der Waals surface area contributed by atoms with Gasteiger partial charge in [0.15, 0.2) is 0 Å². The van der Waals surface area contributed by atoms with Gasteiger partial charge < -0.3 is 33.9 Å². The summed E-state index contributed by atoms with van der Waals surface area (Å²) in [6.07, 6.45) is 2.39. The molecule has 0 saturated carbocycles. The minimum absolute atomic E-state index is 0. The maximum absolute atomic E-state index is 12.1. The van der Waals surface area contributed by atoms with Crippen LogP contribution in [0.4, 0.5) is 0 Å². The van der Waals surface area contributed by atoms with Crippen molar-refractivity contribution in [1.29, 1.82) is 0 Å². The number of imide groups is 1. The second kappa shape index (κ2) is 19.2. The number of unbranched alkanes of at least 4 members (excludes halogenated alkanes) is 2. The first-order chi connectivity index (χ1) is 13.8. The molecule has 1 heterocycles. The van der Waals surface area contributed by atoms with E-state index < -0.39 is 17.9 Å². The van der Waals surface area contributed by atoms with E-state index in [9.17, 15) is 24.0 Å². The fourth-order valence-electron chi connectivity index (χ4n) is 2.66. The number of hydrogen-bond acceptors (Lipinski definition) is 8. The van der Waals surface area contributed by atoms with Crippen LogP contribution in [0.25, 0.3) is 0 Å². The molecule has 1 rings (SSSR count). The van der Waals surface area contributed by atoms with Crippen molar-refractivity contribution in [3.05, 3.63) is 0 Å². The summed E-state index contributed by atoms with van der Waals surface area (Å²) in [4.78, 5) is 60.0. The van der Waals surface area contributed by atoms with Crippen molar-refractivity contribution in [2.75, 3.05) is 25.9 Å². The van der Waals surface area contributed by atoms with Crippen LogP contribution >= 0.6 is 11.8 Å². The Hall–Kier alpha value is 0.820. The molecule has 2 atom stereocenters. The van der Waals surface area contributed by atoms with Crippen molar-refractivity contribution >= 4 is 54.1 Å². The van der Waals surface area contributed by atoms with Gasteiger partial charge in [-0.25, -0.2) is 0 Å². The zero-order chi connectivity index (χ0) is 21.8. The first-order valence-electron chi connectivity index (χ1n) is 9.40. The fourth-order valence-corrected chi connectivity index (χ4v) is 3.96. The third-order valence-electron chi connectivity index (χ3n) is 4.31. The van der Waals surface area contributed by atoms with E-state index in [1.807, 2.05) is 4.72 Å². The number of nitrogens with one attached hydrogen (secondary N) is 3. The van der Waals surface area contributed by atoms with Gasteiger partial charge in [-0.3, -0.25) is 28.9 Å². The van der Waals surface area contributed by atoms with Crippen molar-refractivity contribution in [3.63, 3.8) is 0 Å². The van der Waals surface area contributed by atoms with Crippen molar-refractivity contribution in [1.82, 2.24) is 20.3 Å². The van der Waals surface area contributed by atoms with Gasteiger partial charge in [-0.05, 0) is 18.6 Å². The Morgan fingerprint density at radius 3 is 2.45 bits per heavy atom. The van der Waals surface area contributed by atoms with Crippen LogP contribution in [0.3, 0.4) is 0 Å². The zero-order valence-electron chi connectivity index (χ0n) is 17.2. The maximum atomic E-state index is 12.1. The second-order valence-electron chi connectivity index (χ2n) is 6.59. The van der Waals surface area contributed by atoms with Gasteiger partial charge in [0.25, 0.3) is 0 Å². The molecule has 1 fully saturated rings. The number of carbonyl (C=O) groups excluding carboxylic acids is 5. The van der Waals surface area contributed by atoms with Crippen molar-refractivity contribution in [2.45, 2.75) is 49.8 Å². The van der Waals surface area contributed by atoms with E-state index in [1.165, 1.54) is 18.8 Å². The summed E-state index contributed by atoms with van der Waals surface area (Å²) >= 11 is 5.90. The topological polar surface area (TPSA) is 151 Å². The molecule has 0 aliphatic carbocycles. The number of hydrogen-bond donors (Lipinski definition) is 4. The van der Waals surface area contributed by atoms with Gasteiger partial charge in [0, 0.05) is 112 Å². The smallest absolute Gasteiger partial charge is 0.243 e. The van der Waals surface area contributed by atoms with Gasteiger partial charge in [-0.15, -0.1) is 11.8 Å². The Bertz CT molecular complexity index is 632. The predicted molar refractivity (Wildman–Crippen MR) is 111 cm³/mol. The third-order valence-corrected chi connectivity index (χ3v) is 5.83. The van der Waals surface area contributed by atoms with Crippen LogP contribution in [0, 0.1) is 78.6 Å². The quantitative estimate of drug-likeness (QED) is 0.101. The predicted octanol–water partition coefficient (Wildman–Crippen LogP) is -1.43. The van der Waals surface area contributed by atoms with Gasteiger partial charge in [-0.1, -0.05) is 6.42 Å². The Labute approximate surface area is 255 Å². The van der Waals surface area contributed by atoms with E-state index in [1.54, 1.807) is 0 Å². The van der Waals surface area contributed by atoms with Gasteiger partial charge in [-0.2, -0.15) is 0 Å². The number of carbonyl (C=O) groups is 5. The van der Waals surface area contributed by atoms with Crippen molar-refractivity contribution in [3.8, 4) is 0 Å². The normalized spacial score (nSPS) is 16.1. The molecule has 0 spiro atoms. The average Bonchev–Trinajstić information content (AvgIpc) is 2.94. The molecule has 183 valence electrons. The third kappa shape index (κ3) is 13.3. The molecular weight excluding hydrogens is 733 g/mol. The fraction of sp³-hybridized carbons (Fsp3) is 0.706. The zero-order valence-corrected chi connectivity index (χ0v) is 23.6. The van der Waals surface area contributed by atoms with Crippen LogP contribution < -0.4 is 21.1 Å². The van der Waals surface area contributed by atoms with E-state index >= 15 is 0 Å². The molecule has 0 aromatic heterocycles. The largest absolute Gasteiger partial charge is 0.668 e. The number of amides is 5. The second-order valence-corrected chi connectivity index (χ2v) is 8.11. The summed E-state index contributed by atoms with van der Waals surface area (Å²) in [6.45, 7) is 0.484. The van der Waals surface area contributed by atoms with E-state index in [4.69, 9.17) is 5.73 Å². The summed E-state index contributed by atoms with van der Waals surface area (Å²) in [7, 11) is 1.49. The SMILES string of the molecule is CN1C(=O)CC(SCCCCCC(=O)N[C@@H](CC(=O)N[S-])C(=O)NCCN)C1=O.[Ce].[Lu]. The summed E-state index contributed by atoms with van der Waals surface area (Å²) in [5.74, 6) is -0.931. The monoisotopic (exact) mass is 761 g/mol. The Balaban J connectivity index is 0. The number of likely N-dealkylation sites (tertiary alicyclic amines) is 1. The van der Waals surface area contributed by atoms with Gasteiger partial charge in [0.2, 0.25) is 29.5 Å². The average molecular weight is 762 g/mol. The van der Waals surface area contributed by atoms with Gasteiger partial charge >= 0.3 is 0 Å². The minimum atomic E-state index is -1.00. The number of rotatable bonds is 13. The van der Waals surface area contributed by atoms with Crippen LogP contribution in [0.2, 0.25) is 0 Å². The maximum Gasteiger partial charge on any atom is 0.243 e. The van der Waals surface area contributed by atoms with Crippen LogP contribution in [-0.4, -0.2) is 71.6 Å². The van der Waals surface area contributed by atoms with Gasteiger partial charge in [0.1, 0.15) is 6.04 Å². The van der Waals surface area contributed by atoms with E-state index in [2.05, 4.69) is 23.4 Å². The standard InChI is InChI=1S/C17H28N5O5S2.Ce.Lu/c1-22-15(25)10-12(17(22)27)29-8-4-2-3-5-13(23)20-11(9-14(24)21-28)16(26)19-7-6-18;;/h11-12H,2-10,18H2,1H3,(H3-,19,20,21,23,24,26,28);;/q-1;;/t11-,12?;;/m0../s1. The molecule has 0 bridgehead atoms. The molecule has 1 aliphatic rings. The minimum Gasteiger partial charge on any atom is -0.668 e. The summed E-state index contributed by atoms with van der Waals surface area (Å²) in [5.41, 5.74) is 5.33. The first-order valence-corrected chi connectivity index (χ1v) is 10.9. The van der Waals surface area contributed by atoms with Crippen LogP contribution in [0.1, 0.15) is 38.5 Å². The molecule has 1 unspecified atom stereocenters. The summed E-state index contributed by atoms with van der Waals surface area (Å²) in [6, 6.07) is -1.00. The number of nitrogens with zero attached hydrogens (tertiary/aromatic N) is 1. The molecule has 1 radical (unpaired) electrons. The molecule has 5 N–H and O–H groups in total. The molecule has 1 aliphatic heterocycles. The Morgan fingerprint density at radius 2 is 1.90 bits per heavy atom.